The van der Waals surface area contributed by atoms with Gasteiger partial charge in [0.2, 0.25) is 0 Å². The molecule has 0 amide bonds. The lowest BCUT2D eigenvalue weighted by atomic mass is 10.2. The van der Waals surface area contributed by atoms with Gasteiger partial charge in [-0.2, -0.15) is 0 Å². The van der Waals surface area contributed by atoms with Crippen molar-refractivity contribution in [3.05, 3.63) is 23.8 Å². The second-order valence-corrected chi connectivity index (χ2v) is 2.90. The van der Waals surface area contributed by atoms with Crippen LogP contribution in [-0.2, 0) is 0 Å². The maximum atomic E-state index is 5.22. The normalized spacial score (nSPS) is 9.00. The van der Waals surface area contributed by atoms with Crippen molar-refractivity contribution in [2.24, 2.45) is 0 Å². The van der Waals surface area contributed by atoms with E-state index in [0.717, 1.165) is 17.1 Å². The fraction of sp³-hybridized carbons (Fsp3) is 0.333. The van der Waals surface area contributed by atoms with Crippen molar-refractivity contribution < 1.29 is 9.47 Å². The Labute approximate surface area is 90.4 Å². The standard InChI is InChI=1S/C12H15NO2/c1-13-8-4-5-10-6-7-11(14-2)9-12(10)15-3/h6-7,9,13H,8H2,1-3H3. The minimum atomic E-state index is 0.662. The molecule has 3 nitrogen and oxygen atoms in total. The van der Waals surface area contributed by atoms with E-state index in [1.807, 2.05) is 25.2 Å². The van der Waals surface area contributed by atoms with Crippen LogP contribution in [0.3, 0.4) is 0 Å². The lowest BCUT2D eigenvalue weighted by Gasteiger charge is -2.05. The highest BCUT2D eigenvalue weighted by molar-refractivity contribution is 5.49. The molecule has 0 atom stereocenters. The summed E-state index contributed by atoms with van der Waals surface area (Å²) in [5, 5.41) is 2.96. The molecule has 0 aliphatic carbocycles. The van der Waals surface area contributed by atoms with Crippen molar-refractivity contribution in [3.63, 3.8) is 0 Å². The molecule has 0 heterocycles. The minimum Gasteiger partial charge on any atom is -0.497 e. The van der Waals surface area contributed by atoms with Crippen LogP contribution in [0.2, 0.25) is 0 Å². The Kier molecular flexibility index (Phi) is 4.52. The Morgan fingerprint density at radius 3 is 2.67 bits per heavy atom. The summed E-state index contributed by atoms with van der Waals surface area (Å²) in [6.07, 6.45) is 0. The number of rotatable bonds is 3. The van der Waals surface area contributed by atoms with Gasteiger partial charge in [-0.3, -0.25) is 0 Å². The molecular weight excluding hydrogens is 190 g/mol. The average Bonchev–Trinajstić information content (AvgIpc) is 2.29. The molecule has 0 aliphatic rings. The number of methoxy groups -OCH3 is 2. The minimum absolute atomic E-state index is 0.662. The molecule has 0 aliphatic heterocycles. The quantitative estimate of drug-likeness (QED) is 0.754. The summed E-state index contributed by atoms with van der Waals surface area (Å²) < 4.78 is 10.3. The van der Waals surface area contributed by atoms with Gasteiger partial charge in [0.25, 0.3) is 0 Å². The summed E-state index contributed by atoms with van der Waals surface area (Å²) >= 11 is 0. The number of hydrogen-bond donors (Lipinski definition) is 1. The van der Waals surface area contributed by atoms with Gasteiger partial charge in [-0.25, -0.2) is 0 Å². The van der Waals surface area contributed by atoms with E-state index in [1.54, 1.807) is 14.2 Å². The van der Waals surface area contributed by atoms with Gasteiger partial charge in [-0.15, -0.1) is 0 Å². The average molecular weight is 205 g/mol. The highest BCUT2D eigenvalue weighted by Crippen LogP contribution is 2.23. The third-order valence-corrected chi connectivity index (χ3v) is 1.90. The Hall–Kier alpha value is -1.66. The molecule has 80 valence electrons. The van der Waals surface area contributed by atoms with E-state index in [9.17, 15) is 0 Å². The lowest BCUT2D eigenvalue weighted by molar-refractivity contribution is 0.393. The van der Waals surface area contributed by atoms with E-state index in [-0.39, 0.29) is 0 Å². The highest BCUT2D eigenvalue weighted by Gasteiger charge is 2.01. The van der Waals surface area contributed by atoms with Crippen molar-refractivity contribution in [1.29, 1.82) is 0 Å². The zero-order chi connectivity index (χ0) is 11.1. The molecule has 0 unspecified atom stereocenters. The fourth-order valence-corrected chi connectivity index (χ4v) is 1.13. The number of hydrogen-bond acceptors (Lipinski definition) is 3. The first-order chi connectivity index (χ1) is 7.31. The van der Waals surface area contributed by atoms with Crippen molar-refractivity contribution in [2.75, 3.05) is 27.8 Å². The van der Waals surface area contributed by atoms with Gasteiger partial charge in [-0.1, -0.05) is 11.8 Å². The van der Waals surface area contributed by atoms with Gasteiger partial charge in [-0.05, 0) is 19.2 Å². The third-order valence-electron chi connectivity index (χ3n) is 1.90. The zero-order valence-corrected chi connectivity index (χ0v) is 9.26. The first-order valence-corrected chi connectivity index (χ1v) is 4.67. The van der Waals surface area contributed by atoms with Crippen LogP contribution in [0, 0.1) is 11.8 Å². The zero-order valence-electron chi connectivity index (χ0n) is 9.26. The predicted molar refractivity (Wildman–Crippen MR) is 60.4 cm³/mol. The molecule has 1 aromatic rings. The largest absolute Gasteiger partial charge is 0.497 e. The predicted octanol–water partition coefficient (Wildman–Crippen LogP) is 1.27. The Bertz CT molecular complexity index is 377. The summed E-state index contributed by atoms with van der Waals surface area (Å²) in [6.45, 7) is 0.662. The van der Waals surface area contributed by atoms with Crippen LogP contribution in [-0.4, -0.2) is 27.8 Å². The Balaban J connectivity index is 2.93. The number of ether oxygens (including phenoxy) is 2. The molecule has 0 fully saturated rings. The Morgan fingerprint density at radius 2 is 2.07 bits per heavy atom. The molecule has 3 heteroatoms. The van der Waals surface area contributed by atoms with Gasteiger partial charge in [0, 0.05) is 6.07 Å². The molecule has 0 saturated heterocycles. The monoisotopic (exact) mass is 205 g/mol. The molecule has 15 heavy (non-hydrogen) atoms. The smallest absolute Gasteiger partial charge is 0.138 e. The fourth-order valence-electron chi connectivity index (χ4n) is 1.13. The van der Waals surface area contributed by atoms with E-state index >= 15 is 0 Å². The van der Waals surface area contributed by atoms with Crippen molar-refractivity contribution in [3.8, 4) is 23.3 Å². The molecule has 0 spiro atoms. The summed E-state index contributed by atoms with van der Waals surface area (Å²) in [4.78, 5) is 0. The van der Waals surface area contributed by atoms with E-state index in [4.69, 9.17) is 9.47 Å². The first kappa shape index (κ1) is 11.4. The Morgan fingerprint density at radius 1 is 1.27 bits per heavy atom. The molecule has 1 aromatic carbocycles. The van der Waals surface area contributed by atoms with Gasteiger partial charge in [0.15, 0.2) is 0 Å². The molecular formula is C12H15NO2. The van der Waals surface area contributed by atoms with Crippen molar-refractivity contribution in [2.45, 2.75) is 0 Å². The number of nitrogens with one attached hydrogen (secondary N) is 1. The lowest BCUT2D eigenvalue weighted by Crippen LogP contribution is -2.04. The molecule has 0 aromatic heterocycles. The van der Waals surface area contributed by atoms with Crippen LogP contribution in [0.5, 0.6) is 11.5 Å². The van der Waals surface area contributed by atoms with Crippen LogP contribution in [0.4, 0.5) is 0 Å². The van der Waals surface area contributed by atoms with E-state index in [2.05, 4.69) is 17.2 Å². The second kappa shape index (κ2) is 5.94. The van der Waals surface area contributed by atoms with Crippen LogP contribution in [0.1, 0.15) is 5.56 Å². The van der Waals surface area contributed by atoms with Gasteiger partial charge >= 0.3 is 0 Å². The topological polar surface area (TPSA) is 30.5 Å². The molecule has 0 saturated carbocycles. The summed E-state index contributed by atoms with van der Waals surface area (Å²) in [6, 6.07) is 5.58. The summed E-state index contributed by atoms with van der Waals surface area (Å²) in [7, 11) is 5.11. The van der Waals surface area contributed by atoms with Gasteiger partial charge in [0.05, 0.1) is 26.3 Å². The SMILES string of the molecule is CNCC#Cc1ccc(OC)cc1OC. The highest BCUT2D eigenvalue weighted by atomic mass is 16.5. The summed E-state index contributed by atoms with van der Waals surface area (Å²) in [5.41, 5.74) is 0.869. The maximum Gasteiger partial charge on any atom is 0.138 e. The third kappa shape index (κ3) is 3.19. The van der Waals surface area contributed by atoms with Crippen molar-refractivity contribution in [1.82, 2.24) is 5.32 Å². The first-order valence-electron chi connectivity index (χ1n) is 4.67. The van der Waals surface area contributed by atoms with E-state index in [1.165, 1.54) is 0 Å². The van der Waals surface area contributed by atoms with Crippen molar-refractivity contribution >= 4 is 0 Å². The second-order valence-electron chi connectivity index (χ2n) is 2.90. The maximum absolute atomic E-state index is 5.22. The molecule has 1 rings (SSSR count). The van der Waals surface area contributed by atoms with Gasteiger partial charge < -0.3 is 14.8 Å². The molecule has 1 N–H and O–H groups in total. The van der Waals surface area contributed by atoms with Crippen LogP contribution in [0.15, 0.2) is 18.2 Å². The van der Waals surface area contributed by atoms with Crippen LogP contribution < -0.4 is 14.8 Å². The number of benzene rings is 1. The van der Waals surface area contributed by atoms with E-state index in [0.29, 0.717) is 6.54 Å². The van der Waals surface area contributed by atoms with Gasteiger partial charge in [0.1, 0.15) is 11.5 Å². The molecule has 0 radical (unpaired) electrons. The molecule has 0 bridgehead atoms. The van der Waals surface area contributed by atoms with Crippen LogP contribution >= 0.6 is 0 Å². The summed E-state index contributed by atoms with van der Waals surface area (Å²) in [5.74, 6) is 7.51. The van der Waals surface area contributed by atoms with E-state index < -0.39 is 0 Å². The van der Waals surface area contributed by atoms with Crippen LogP contribution in [0.25, 0.3) is 0 Å².